The topological polar surface area (TPSA) is 106 Å². The highest BCUT2D eigenvalue weighted by molar-refractivity contribution is 14.0. The third-order valence-corrected chi connectivity index (χ3v) is 5.04. The van der Waals surface area contributed by atoms with Crippen molar-refractivity contribution in [3.8, 4) is 0 Å². The molecule has 0 spiro atoms. The summed E-state index contributed by atoms with van der Waals surface area (Å²) in [7, 11) is 0. The van der Waals surface area contributed by atoms with Crippen LogP contribution in [0.3, 0.4) is 0 Å². The van der Waals surface area contributed by atoms with E-state index in [0.717, 1.165) is 25.8 Å². The second-order valence-electron chi connectivity index (χ2n) is 6.86. The van der Waals surface area contributed by atoms with Crippen molar-refractivity contribution in [3.63, 3.8) is 0 Å². The van der Waals surface area contributed by atoms with Gasteiger partial charge in [0.2, 0.25) is 5.91 Å². The number of halogens is 1. The van der Waals surface area contributed by atoms with Crippen LogP contribution in [0.4, 0.5) is 4.79 Å². The summed E-state index contributed by atoms with van der Waals surface area (Å²) in [6.07, 6.45) is 6.68. The van der Waals surface area contributed by atoms with Crippen molar-refractivity contribution in [1.82, 2.24) is 20.9 Å². The highest BCUT2D eigenvalue weighted by atomic mass is 127. The zero-order chi connectivity index (χ0) is 18.1. The van der Waals surface area contributed by atoms with Crippen molar-refractivity contribution in [2.24, 2.45) is 10.4 Å². The van der Waals surface area contributed by atoms with Gasteiger partial charge in [-0.25, -0.2) is 4.79 Å². The van der Waals surface area contributed by atoms with Crippen LogP contribution < -0.4 is 16.0 Å². The number of guanidine groups is 1. The van der Waals surface area contributed by atoms with Gasteiger partial charge in [-0.05, 0) is 31.6 Å². The van der Waals surface area contributed by atoms with Crippen LogP contribution in [0.5, 0.6) is 0 Å². The van der Waals surface area contributed by atoms with Crippen LogP contribution in [0.2, 0.25) is 0 Å². The first kappa shape index (κ1) is 22.9. The molecule has 4 N–H and O–H groups in total. The van der Waals surface area contributed by atoms with Crippen LogP contribution in [-0.4, -0.2) is 67.2 Å². The minimum atomic E-state index is -0.335. The molecule has 1 heterocycles. The summed E-state index contributed by atoms with van der Waals surface area (Å²) in [6.45, 7) is 4.48. The van der Waals surface area contributed by atoms with E-state index in [1.807, 2.05) is 6.92 Å². The molecule has 0 radical (unpaired) electrons. The van der Waals surface area contributed by atoms with Crippen LogP contribution in [0.15, 0.2) is 4.99 Å². The number of aliphatic imine (C=N–C) groups is 1. The maximum Gasteiger partial charge on any atom is 0.324 e. The van der Waals surface area contributed by atoms with Gasteiger partial charge < -0.3 is 21.1 Å². The molecule has 1 saturated heterocycles. The molecule has 1 saturated carbocycles. The number of nitrogens with zero attached hydrogens (tertiary/aromatic N) is 2. The molecule has 0 bridgehead atoms. The summed E-state index contributed by atoms with van der Waals surface area (Å²) >= 11 is 0. The van der Waals surface area contributed by atoms with Gasteiger partial charge in [0.25, 0.3) is 0 Å². The molecule has 2 fully saturated rings. The molecule has 0 aromatic heterocycles. The maximum absolute atomic E-state index is 11.6. The molecule has 150 valence electrons. The average molecular weight is 481 g/mol. The molecular weight excluding hydrogens is 449 g/mol. The van der Waals surface area contributed by atoms with Gasteiger partial charge in [0.1, 0.15) is 0 Å². The Labute approximate surface area is 172 Å². The molecule has 3 amide bonds. The average Bonchev–Trinajstić information content (AvgIpc) is 2.93. The van der Waals surface area contributed by atoms with Gasteiger partial charge in [0.05, 0.1) is 6.54 Å². The minimum Gasteiger partial charge on any atom is -0.396 e. The number of amides is 3. The Kier molecular flexibility index (Phi) is 10.2. The number of carbonyl (C=O) groups is 2. The fourth-order valence-electron chi connectivity index (χ4n) is 3.58. The summed E-state index contributed by atoms with van der Waals surface area (Å²) in [5.41, 5.74) is 0.0974. The molecule has 9 heteroatoms. The van der Waals surface area contributed by atoms with Crippen molar-refractivity contribution in [1.29, 1.82) is 0 Å². The van der Waals surface area contributed by atoms with Crippen molar-refractivity contribution in [2.45, 2.75) is 45.4 Å². The molecule has 0 atom stereocenters. The summed E-state index contributed by atoms with van der Waals surface area (Å²) in [5, 5.41) is 18.3. The lowest BCUT2D eigenvalue weighted by Crippen LogP contribution is -2.44. The van der Waals surface area contributed by atoms with Gasteiger partial charge in [0.15, 0.2) is 5.96 Å². The SMILES string of the molecule is CCNC(=NCC1(CCO)CCCCC1)NCCN1C(=O)CNC1=O.I. The van der Waals surface area contributed by atoms with Crippen molar-refractivity contribution < 1.29 is 14.7 Å². The molecule has 2 aliphatic rings. The van der Waals surface area contributed by atoms with Crippen molar-refractivity contribution >= 4 is 41.9 Å². The molecule has 1 aliphatic carbocycles. The van der Waals surface area contributed by atoms with Gasteiger partial charge in [0, 0.05) is 32.8 Å². The molecule has 0 aromatic rings. The van der Waals surface area contributed by atoms with E-state index in [9.17, 15) is 14.7 Å². The monoisotopic (exact) mass is 481 g/mol. The predicted molar refractivity (Wildman–Crippen MR) is 112 cm³/mol. The highest BCUT2D eigenvalue weighted by Crippen LogP contribution is 2.39. The second-order valence-corrected chi connectivity index (χ2v) is 6.86. The summed E-state index contributed by atoms with van der Waals surface area (Å²) < 4.78 is 0. The van der Waals surface area contributed by atoms with Crippen molar-refractivity contribution in [3.05, 3.63) is 0 Å². The number of aliphatic hydroxyl groups excluding tert-OH is 1. The molecule has 8 nitrogen and oxygen atoms in total. The zero-order valence-corrected chi connectivity index (χ0v) is 17.9. The third-order valence-electron chi connectivity index (χ3n) is 5.04. The lowest BCUT2D eigenvalue weighted by atomic mass is 9.72. The number of carbonyl (C=O) groups excluding carboxylic acids is 2. The lowest BCUT2D eigenvalue weighted by molar-refractivity contribution is -0.124. The number of imide groups is 1. The lowest BCUT2D eigenvalue weighted by Gasteiger charge is -2.35. The summed E-state index contributed by atoms with van der Waals surface area (Å²) in [4.78, 5) is 29.0. The van der Waals surface area contributed by atoms with Gasteiger partial charge >= 0.3 is 6.03 Å². The fourth-order valence-corrected chi connectivity index (χ4v) is 3.58. The first-order valence-corrected chi connectivity index (χ1v) is 9.31. The minimum absolute atomic E-state index is 0. The van der Waals surface area contributed by atoms with Crippen LogP contribution in [-0.2, 0) is 4.79 Å². The Morgan fingerprint density at radius 1 is 1.27 bits per heavy atom. The zero-order valence-electron chi connectivity index (χ0n) is 15.6. The normalized spacial score (nSPS) is 19.8. The van der Waals surface area contributed by atoms with Crippen LogP contribution in [0.25, 0.3) is 0 Å². The van der Waals surface area contributed by atoms with E-state index in [1.165, 1.54) is 24.2 Å². The number of aliphatic hydroxyl groups is 1. The molecule has 2 rings (SSSR count). The van der Waals surface area contributed by atoms with Crippen molar-refractivity contribution in [2.75, 3.05) is 39.3 Å². The van der Waals surface area contributed by atoms with Crippen LogP contribution >= 0.6 is 24.0 Å². The van der Waals surface area contributed by atoms with E-state index in [-0.39, 0.29) is 54.5 Å². The Hall–Kier alpha value is -1.10. The Morgan fingerprint density at radius 2 is 2.00 bits per heavy atom. The van der Waals surface area contributed by atoms with Gasteiger partial charge in [-0.3, -0.25) is 14.7 Å². The Bertz CT molecular complexity index is 473. The molecule has 0 aromatic carbocycles. The van der Waals surface area contributed by atoms with E-state index in [0.29, 0.717) is 25.6 Å². The van der Waals surface area contributed by atoms with E-state index in [4.69, 9.17) is 4.99 Å². The Balaban J connectivity index is 0.00000338. The van der Waals surface area contributed by atoms with Gasteiger partial charge in [-0.15, -0.1) is 24.0 Å². The van der Waals surface area contributed by atoms with E-state index in [1.54, 1.807) is 0 Å². The standard InChI is InChI=1S/C17H31N5O3.HI/c1-2-18-15(19-9-10-22-14(24)12-20-16(22)25)21-13-17(8-11-23)6-4-3-5-7-17;/h23H,2-13H2,1H3,(H,20,25)(H2,18,19,21);1H. The first-order chi connectivity index (χ1) is 12.1. The molecular formula is C17H32IN5O3. The number of hydrogen-bond acceptors (Lipinski definition) is 4. The summed E-state index contributed by atoms with van der Waals surface area (Å²) in [5.74, 6) is 0.496. The van der Waals surface area contributed by atoms with E-state index >= 15 is 0 Å². The largest absolute Gasteiger partial charge is 0.396 e. The fraction of sp³-hybridized carbons (Fsp3) is 0.824. The third kappa shape index (κ3) is 6.57. The Morgan fingerprint density at radius 3 is 2.58 bits per heavy atom. The first-order valence-electron chi connectivity index (χ1n) is 9.31. The number of rotatable bonds is 8. The summed E-state index contributed by atoms with van der Waals surface area (Å²) in [6, 6.07) is -0.335. The highest BCUT2D eigenvalue weighted by Gasteiger charge is 2.31. The molecule has 0 unspecified atom stereocenters. The smallest absolute Gasteiger partial charge is 0.324 e. The second kappa shape index (κ2) is 11.6. The van der Waals surface area contributed by atoms with Gasteiger partial charge in [-0.1, -0.05) is 19.3 Å². The van der Waals surface area contributed by atoms with E-state index < -0.39 is 0 Å². The predicted octanol–water partition coefficient (Wildman–Crippen LogP) is 1.04. The number of nitrogens with one attached hydrogen (secondary N) is 3. The van der Waals surface area contributed by atoms with Crippen LogP contribution in [0.1, 0.15) is 45.4 Å². The van der Waals surface area contributed by atoms with Crippen LogP contribution in [0, 0.1) is 5.41 Å². The molecule has 1 aliphatic heterocycles. The maximum atomic E-state index is 11.6. The molecule has 26 heavy (non-hydrogen) atoms. The van der Waals surface area contributed by atoms with E-state index in [2.05, 4.69) is 16.0 Å². The number of urea groups is 1. The quantitative estimate of drug-likeness (QED) is 0.180. The number of hydrogen-bond donors (Lipinski definition) is 4. The van der Waals surface area contributed by atoms with Gasteiger partial charge in [-0.2, -0.15) is 0 Å².